The van der Waals surface area contributed by atoms with Gasteiger partial charge in [-0.15, -0.1) is 0 Å². The van der Waals surface area contributed by atoms with Crippen LogP contribution in [0.4, 0.5) is 4.39 Å². The molecule has 3 rings (SSSR count). The maximum absolute atomic E-state index is 13.6. The Morgan fingerprint density at radius 1 is 1.11 bits per heavy atom. The van der Waals surface area contributed by atoms with Crippen LogP contribution in [0, 0.1) is 5.82 Å². The average Bonchev–Trinajstić information content (AvgIpc) is 2.67. The highest BCUT2D eigenvalue weighted by molar-refractivity contribution is 6.30. The fraction of sp³-hybridized carbons (Fsp3) is 0.300. The minimum atomic E-state index is -0.597. The fourth-order valence-corrected chi connectivity index (χ4v) is 3.41. The first-order chi connectivity index (χ1) is 13.0. The van der Waals surface area contributed by atoms with Crippen molar-refractivity contribution in [3.8, 4) is 0 Å². The van der Waals surface area contributed by atoms with Crippen LogP contribution >= 0.6 is 11.6 Å². The van der Waals surface area contributed by atoms with E-state index in [2.05, 4.69) is 11.4 Å². The minimum absolute atomic E-state index is 0.0546. The van der Waals surface area contributed by atoms with Crippen LogP contribution in [0.25, 0.3) is 0 Å². The van der Waals surface area contributed by atoms with Gasteiger partial charge in [-0.05, 0) is 24.3 Å². The standard InChI is InChI=1S/C20H21ClFN3O2/c21-16-5-3-4-15(12-16)14-24-8-10-25(11-9-24)19(26)13-23-20(27)17-6-1-2-7-18(17)22/h1-7,12H,8-11,13-14H2,(H,23,27)/p+1. The lowest BCUT2D eigenvalue weighted by atomic mass is 10.2. The smallest absolute Gasteiger partial charge is 0.254 e. The predicted molar refractivity (Wildman–Crippen MR) is 101 cm³/mol. The lowest BCUT2D eigenvalue weighted by Gasteiger charge is -2.32. The zero-order chi connectivity index (χ0) is 19.2. The lowest BCUT2D eigenvalue weighted by molar-refractivity contribution is -0.917. The molecule has 2 aromatic rings. The second kappa shape index (κ2) is 8.97. The van der Waals surface area contributed by atoms with Gasteiger partial charge in [-0.2, -0.15) is 0 Å². The van der Waals surface area contributed by atoms with Crippen LogP contribution in [-0.4, -0.2) is 49.4 Å². The van der Waals surface area contributed by atoms with Crippen molar-refractivity contribution >= 4 is 23.4 Å². The molecule has 2 amide bonds. The Morgan fingerprint density at radius 2 is 1.85 bits per heavy atom. The zero-order valence-electron chi connectivity index (χ0n) is 14.9. The highest BCUT2D eigenvalue weighted by Crippen LogP contribution is 2.09. The first-order valence-electron chi connectivity index (χ1n) is 8.91. The molecule has 7 heteroatoms. The monoisotopic (exact) mass is 390 g/mol. The highest BCUT2D eigenvalue weighted by Gasteiger charge is 2.24. The molecule has 27 heavy (non-hydrogen) atoms. The Morgan fingerprint density at radius 3 is 2.56 bits per heavy atom. The van der Waals surface area contributed by atoms with E-state index in [1.165, 1.54) is 28.7 Å². The topological polar surface area (TPSA) is 53.9 Å². The lowest BCUT2D eigenvalue weighted by Crippen LogP contribution is -3.13. The van der Waals surface area contributed by atoms with E-state index in [-0.39, 0.29) is 18.0 Å². The second-order valence-electron chi connectivity index (χ2n) is 6.60. The van der Waals surface area contributed by atoms with Crippen LogP contribution in [0.15, 0.2) is 48.5 Å². The molecule has 1 aliphatic rings. The molecule has 0 aliphatic carbocycles. The van der Waals surface area contributed by atoms with Crippen molar-refractivity contribution < 1.29 is 18.9 Å². The number of nitrogens with one attached hydrogen (secondary N) is 2. The predicted octanol–water partition coefficient (Wildman–Crippen LogP) is 1.14. The molecule has 0 saturated carbocycles. The summed E-state index contributed by atoms with van der Waals surface area (Å²) in [5.41, 5.74) is 1.12. The van der Waals surface area contributed by atoms with Crippen molar-refractivity contribution in [3.63, 3.8) is 0 Å². The average molecular weight is 391 g/mol. The summed E-state index contributed by atoms with van der Waals surface area (Å²) in [4.78, 5) is 27.4. The van der Waals surface area contributed by atoms with Gasteiger partial charge >= 0.3 is 0 Å². The van der Waals surface area contributed by atoms with Crippen LogP contribution in [0.1, 0.15) is 15.9 Å². The number of hydrogen-bond acceptors (Lipinski definition) is 2. The van der Waals surface area contributed by atoms with Gasteiger partial charge in [-0.25, -0.2) is 4.39 Å². The number of carbonyl (C=O) groups is 2. The molecule has 1 heterocycles. The van der Waals surface area contributed by atoms with Gasteiger partial charge in [-0.3, -0.25) is 9.59 Å². The van der Waals surface area contributed by atoms with E-state index in [4.69, 9.17) is 11.6 Å². The molecular formula is C20H22ClFN3O2+. The Hall–Kier alpha value is -2.44. The number of carbonyl (C=O) groups excluding carboxylic acids is 2. The third kappa shape index (κ3) is 5.28. The van der Waals surface area contributed by atoms with Crippen molar-refractivity contribution in [2.24, 2.45) is 0 Å². The molecular weight excluding hydrogens is 369 g/mol. The second-order valence-corrected chi connectivity index (χ2v) is 7.04. The van der Waals surface area contributed by atoms with Gasteiger partial charge in [0, 0.05) is 10.6 Å². The molecule has 0 atom stereocenters. The van der Waals surface area contributed by atoms with E-state index >= 15 is 0 Å². The van der Waals surface area contributed by atoms with Crippen molar-refractivity contribution in [2.45, 2.75) is 6.54 Å². The quantitative estimate of drug-likeness (QED) is 0.804. The number of rotatable bonds is 5. The van der Waals surface area contributed by atoms with Gasteiger partial charge in [0.2, 0.25) is 5.91 Å². The third-order valence-corrected chi connectivity index (χ3v) is 4.92. The van der Waals surface area contributed by atoms with E-state index in [9.17, 15) is 14.0 Å². The van der Waals surface area contributed by atoms with E-state index < -0.39 is 11.7 Å². The minimum Gasteiger partial charge on any atom is -0.343 e. The van der Waals surface area contributed by atoms with E-state index in [0.717, 1.165) is 24.7 Å². The SMILES string of the molecule is O=C(NCC(=O)N1CC[NH+](Cc2cccc(Cl)c2)CC1)c1ccccc1F. The molecule has 0 aromatic heterocycles. The molecule has 1 aliphatic heterocycles. The van der Waals surface area contributed by atoms with Gasteiger partial charge in [-0.1, -0.05) is 35.9 Å². The molecule has 0 spiro atoms. The van der Waals surface area contributed by atoms with Crippen molar-refractivity contribution in [3.05, 3.63) is 70.5 Å². The molecule has 0 bridgehead atoms. The number of amides is 2. The molecule has 2 aromatic carbocycles. The summed E-state index contributed by atoms with van der Waals surface area (Å²) in [6.45, 7) is 3.66. The Kier molecular flexibility index (Phi) is 6.42. The summed E-state index contributed by atoms with van der Waals surface area (Å²) in [6, 6.07) is 13.5. The maximum atomic E-state index is 13.6. The molecule has 1 fully saturated rings. The summed E-state index contributed by atoms with van der Waals surface area (Å²) in [7, 11) is 0. The summed E-state index contributed by atoms with van der Waals surface area (Å²) < 4.78 is 13.6. The summed E-state index contributed by atoms with van der Waals surface area (Å²) >= 11 is 6.02. The third-order valence-electron chi connectivity index (χ3n) is 4.69. The van der Waals surface area contributed by atoms with Crippen LogP contribution in [0.5, 0.6) is 0 Å². The van der Waals surface area contributed by atoms with Crippen LogP contribution in [0.2, 0.25) is 5.02 Å². The molecule has 1 saturated heterocycles. The fourth-order valence-electron chi connectivity index (χ4n) is 3.19. The van der Waals surface area contributed by atoms with Crippen LogP contribution < -0.4 is 10.2 Å². The molecule has 0 radical (unpaired) electrons. The Labute approximate surface area is 162 Å². The summed E-state index contributed by atoms with van der Waals surface area (Å²) in [5.74, 6) is -1.33. The van der Waals surface area contributed by atoms with Crippen LogP contribution in [-0.2, 0) is 11.3 Å². The molecule has 2 N–H and O–H groups in total. The number of halogens is 2. The number of nitrogens with zero attached hydrogens (tertiary/aromatic N) is 1. The zero-order valence-corrected chi connectivity index (χ0v) is 15.6. The van der Waals surface area contributed by atoms with Gasteiger partial charge < -0.3 is 15.1 Å². The van der Waals surface area contributed by atoms with E-state index in [1.54, 1.807) is 11.0 Å². The van der Waals surface area contributed by atoms with Crippen molar-refractivity contribution in [1.29, 1.82) is 0 Å². The number of piperazine rings is 1. The van der Waals surface area contributed by atoms with E-state index in [1.807, 2.05) is 18.2 Å². The Bertz CT molecular complexity index is 822. The van der Waals surface area contributed by atoms with Gasteiger partial charge in [0.25, 0.3) is 5.91 Å². The van der Waals surface area contributed by atoms with E-state index in [0.29, 0.717) is 13.1 Å². The largest absolute Gasteiger partial charge is 0.343 e. The first-order valence-corrected chi connectivity index (χ1v) is 9.29. The van der Waals surface area contributed by atoms with Crippen molar-refractivity contribution in [2.75, 3.05) is 32.7 Å². The normalized spacial score (nSPS) is 14.8. The summed E-state index contributed by atoms with van der Waals surface area (Å²) in [5, 5.41) is 3.23. The number of hydrogen-bond donors (Lipinski definition) is 2. The number of quaternary nitrogens is 1. The number of benzene rings is 2. The first kappa shape index (κ1) is 19.3. The van der Waals surface area contributed by atoms with Gasteiger partial charge in [0.1, 0.15) is 12.4 Å². The molecule has 142 valence electrons. The maximum Gasteiger partial charge on any atom is 0.254 e. The molecule has 5 nitrogen and oxygen atoms in total. The Balaban J connectivity index is 1.44. The molecule has 0 unspecified atom stereocenters. The van der Waals surface area contributed by atoms with Gasteiger partial charge in [0.15, 0.2) is 0 Å². The summed E-state index contributed by atoms with van der Waals surface area (Å²) in [6.07, 6.45) is 0. The van der Waals surface area contributed by atoms with Gasteiger partial charge in [0.05, 0.1) is 38.3 Å². The van der Waals surface area contributed by atoms with Crippen molar-refractivity contribution in [1.82, 2.24) is 10.2 Å². The van der Waals surface area contributed by atoms with Crippen LogP contribution in [0.3, 0.4) is 0 Å². The highest BCUT2D eigenvalue weighted by atomic mass is 35.5.